The van der Waals surface area contributed by atoms with Gasteiger partial charge in [-0.05, 0) is 31.0 Å². The Morgan fingerprint density at radius 2 is 1.73 bits per heavy atom. The number of nitrogens with zero attached hydrogens (tertiary/aromatic N) is 3. The summed E-state index contributed by atoms with van der Waals surface area (Å²) >= 11 is 0. The molecule has 3 rings (SSSR count). The molecule has 114 valence electrons. The zero-order valence-electron chi connectivity index (χ0n) is 12.7. The minimum atomic E-state index is -3.71. The van der Waals surface area contributed by atoms with Gasteiger partial charge in [-0.15, -0.1) is 0 Å². The molecule has 0 aliphatic heterocycles. The van der Waals surface area contributed by atoms with Crippen LogP contribution in [0.15, 0.2) is 53.8 Å². The van der Waals surface area contributed by atoms with Gasteiger partial charge in [-0.2, -0.15) is 8.42 Å². The number of rotatable bonds is 3. The molecule has 0 atom stereocenters. The van der Waals surface area contributed by atoms with Gasteiger partial charge in [0.05, 0.1) is 5.69 Å². The third-order valence-electron chi connectivity index (χ3n) is 3.71. The van der Waals surface area contributed by atoms with Gasteiger partial charge in [0.2, 0.25) is 0 Å². The molecule has 0 aliphatic carbocycles. The zero-order valence-corrected chi connectivity index (χ0v) is 13.5. The molecule has 0 fully saturated rings. The molecule has 0 amide bonds. The normalized spacial score (nSPS) is 11.8. The van der Waals surface area contributed by atoms with E-state index in [-0.39, 0.29) is 5.03 Å². The molecule has 0 saturated heterocycles. The SMILES string of the molecule is Cc1ccn(S(=O)(=O)c2cn(C)c(C)n2)c1-c1ccccc1. The van der Waals surface area contributed by atoms with Crippen LogP contribution in [0.25, 0.3) is 11.3 Å². The number of hydrogen-bond donors (Lipinski definition) is 0. The molecule has 2 heterocycles. The van der Waals surface area contributed by atoms with Gasteiger partial charge < -0.3 is 4.57 Å². The van der Waals surface area contributed by atoms with Gasteiger partial charge in [0.1, 0.15) is 5.82 Å². The molecule has 0 spiro atoms. The number of imidazole rings is 1. The molecule has 0 saturated carbocycles. The van der Waals surface area contributed by atoms with Crippen molar-refractivity contribution in [3.8, 4) is 11.3 Å². The average molecular weight is 315 g/mol. The molecule has 1 aromatic carbocycles. The maximum absolute atomic E-state index is 12.9. The Balaban J connectivity index is 2.21. The van der Waals surface area contributed by atoms with E-state index in [1.54, 1.807) is 30.8 Å². The number of benzene rings is 1. The smallest absolute Gasteiger partial charge is 0.287 e. The largest absolute Gasteiger partial charge is 0.337 e. The number of hydrogen-bond acceptors (Lipinski definition) is 3. The van der Waals surface area contributed by atoms with Crippen LogP contribution in [0.1, 0.15) is 11.4 Å². The second-order valence-corrected chi connectivity index (χ2v) is 7.01. The van der Waals surface area contributed by atoms with Crippen LogP contribution in [0.3, 0.4) is 0 Å². The molecular formula is C16H17N3O2S. The van der Waals surface area contributed by atoms with Crippen molar-refractivity contribution in [2.45, 2.75) is 18.9 Å². The molecule has 2 aromatic heterocycles. The van der Waals surface area contributed by atoms with E-state index in [0.29, 0.717) is 11.5 Å². The summed E-state index contributed by atoms with van der Waals surface area (Å²) in [6.07, 6.45) is 3.12. The quantitative estimate of drug-likeness (QED) is 0.747. The van der Waals surface area contributed by atoms with Gasteiger partial charge >= 0.3 is 0 Å². The van der Waals surface area contributed by atoms with Gasteiger partial charge in [0.25, 0.3) is 10.0 Å². The maximum Gasteiger partial charge on any atom is 0.287 e. The second-order valence-electron chi connectivity index (χ2n) is 5.25. The first-order valence-electron chi connectivity index (χ1n) is 6.90. The minimum Gasteiger partial charge on any atom is -0.337 e. The number of aromatic nitrogens is 3. The standard InChI is InChI=1S/C16H17N3O2S/c1-12-9-10-19(16(12)14-7-5-4-6-8-14)22(20,21)15-11-18(3)13(2)17-15/h4-11H,1-3H3. The summed E-state index contributed by atoms with van der Waals surface area (Å²) in [5.41, 5.74) is 2.44. The van der Waals surface area contributed by atoms with Crippen molar-refractivity contribution < 1.29 is 8.42 Å². The van der Waals surface area contributed by atoms with E-state index in [9.17, 15) is 8.42 Å². The topological polar surface area (TPSA) is 56.9 Å². The highest BCUT2D eigenvalue weighted by Gasteiger charge is 2.24. The molecule has 0 unspecified atom stereocenters. The Bertz CT molecular complexity index is 902. The Morgan fingerprint density at radius 1 is 1.05 bits per heavy atom. The van der Waals surface area contributed by atoms with Crippen LogP contribution in [0.4, 0.5) is 0 Å². The Morgan fingerprint density at radius 3 is 2.32 bits per heavy atom. The molecule has 0 N–H and O–H groups in total. The van der Waals surface area contributed by atoms with E-state index in [0.717, 1.165) is 11.1 Å². The van der Waals surface area contributed by atoms with Gasteiger partial charge in [-0.1, -0.05) is 30.3 Å². The van der Waals surface area contributed by atoms with Crippen molar-refractivity contribution in [3.63, 3.8) is 0 Å². The van der Waals surface area contributed by atoms with E-state index < -0.39 is 10.0 Å². The van der Waals surface area contributed by atoms with E-state index in [2.05, 4.69) is 4.98 Å². The van der Waals surface area contributed by atoms with Crippen LogP contribution < -0.4 is 0 Å². The van der Waals surface area contributed by atoms with Crippen molar-refractivity contribution in [1.82, 2.24) is 13.5 Å². The molecule has 5 nitrogen and oxygen atoms in total. The Labute approximate surface area is 129 Å². The van der Waals surface area contributed by atoms with Gasteiger partial charge in [-0.25, -0.2) is 8.96 Å². The lowest BCUT2D eigenvalue weighted by atomic mass is 10.1. The van der Waals surface area contributed by atoms with Crippen molar-refractivity contribution >= 4 is 10.0 Å². The summed E-state index contributed by atoms with van der Waals surface area (Å²) in [5.74, 6) is 0.656. The van der Waals surface area contributed by atoms with Gasteiger partial charge in [0, 0.05) is 19.4 Å². The predicted molar refractivity (Wildman–Crippen MR) is 85.1 cm³/mol. The van der Waals surface area contributed by atoms with E-state index >= 15 is 0 Å². The first kappa shape index (κ1) is 14.6. The Hall–Kier alpha value is -2.34. The van der Waals surface area contributed by atoms with Gasteiger partial charge in [-0.3, -0.25) is 0 Å². The van der Waals surface area contributed by atoms with Gasteiger partial charge in [0.15, 0.2) is 5.03 Å². The molecule has 6 heteroatoms. The van der Waals surface area contributed by atoms with Crippen molar-refractivity contribution in [3.05, 3.63) is 60.2 Å². The summed E-state index contributed by atoms with van der Waals surface area (Å²) in [4.78, 5) is 4.16. The Kier molecular flexibility index (Phi) is 3.41. The monoisotopic (exact) mass is 315 g/mol. The third kappa shape index (κ3) is 2.25. The fraction of sp³-hybridized carbons (Fsp3) is 0.188. The minimum absolute atomic E-state index is 0.0558. The molecule has 3 aromatic rings. The molecule has 0 bridgehead atoms. The molecule has 0 radical (unpaired) electrons. The first-order chi connectivity index (χ1) is 10.4. The van der Waals surface area contributed by atoms with Crippen molar-refractivity contribution in [1.29, 1.82) is 0 Å². The van der Waals surface area contributed by atoms with Crippen LogP contribution in [0.2, 0.25) is 0 Å². The summed E-state index contributed by atoms with van der Waals surface area (Å²) in [6, 6.07) is 11.3. The highest BCUT2D eigenvalue weighted by Crippen LogP contribution is 2.28. The number of aryl methyl sites for hydroxylation is 3. The fourth-order valence-electron chi connectivity index (χ4n) is 2.41. The molecule has 0 aliphatic rings. The average Bonchev–Trinajstić information content (AvgIpc) is 3.04. The first-order valence-corrected chi connectivity index (χ1v) is 8.34. The summed E-state index contributed by atoms with van der Waals surface area (Å²) in [7, 11) is -1.94. The lowest BCUT2D eigenvalue weighted by molar-refractivity contribution is 0.584. The maximum atomic E-state index is 12.9. The molecular weight excluding hydrogens is 298 g/mol. The fourth-order valence-corrected chi connectivity index (χ4v) is 3.86. The van der Waals surface area contributed by atoms with Crippen LogP contribution >= 0.6 is 0 Å². The summed E-state index contributed by atoms with van der Waals surface area (Å²) in [6.45, 7) is 3.68. The van der Waals surface area contributed by atoms with Crippen LogP contribution in [0, 0.1) is 13.8 Å². The highest BCUT2D eigenvalue weighted by molar-refractivity contribution is 7.90. The zero-order chi connectivity index (χ0) is 15.9. The highest BCUT2D eigenvalue weighted by atomic mass is 32.2. The summed E-state index contributed by atoms with van der Waals surface area (Å²) < 4.78 is 28.8. The summed E-state index contributed by atoms with van der Waals surface area (Å²) in [5, 5.41) is 0.0558. The van der Waals surface area contributed by atoms with Crippen LogP contribution in [0.5, 0.6) is 0 Å². The van der Waals surface area contributed by atoms with E-state index in [1.165, 1.54) is 10.2 Å². The third-order valence-corrected chi connectivity index (χ3v) is 5.26. The van der Waals surface area contributed by atoms with E-state index in [4.69, 9.17) is 0 Å². The van der Waals surface area contributed by atoms with E-state index in [1.807, 2.05) is 37.3 Å². The second kappa shape index (κ2) is 5.14. The lowest BCUT2D eigenvalue weighted by Crippen LogP contribution is -2.14. The van der Waals surface area contributed by atoms with Crippen LogP contribution in [-0.4, -0.2) is 21.9 Å². The van der Waals surface area contributed by atoms with Crippen molar-refractivity contribution in [2.75, 3.05) is 0 Å². The molecule has 22 heavy (non-hydrogen) atoms. The lowest BCUT2D eigenvalue weighted by Gasteiger charge is -2.10. The van der Waals surface area contributed by atoms with Crippen LogP contribution in [-0.2, 0) is 17.1 Å². The van der Waals surface area contributed by atoms with Crippen molar-refractivity contribution in [2.24, 2.45) is 7.05 Å². The predicted octanol–water partition coefficient (Wildman–Crippen LogP) is 2.74.